The maximum Gasteiger partial charge on any atom is 0.152 e. The molecule has 0 aliphatic rings. The van der Waals surface area contributed by atoms with E-state index in [0.29, 0.717) is 6.42 Å². The van der Waals surface area contributed by atoms with Gasteiger partial charge < -0.3 is 0 Å². The van der Waals surface area contributed by atoms with Crippen LogP contribution in [0.2, 0.25) is 0 Å². The number of benzene rings is 4. The van der Waals surface area contributed by atoms with Crippen molar-refractivity contribution >= 4 is 5.78 Å². The zero-order valence-electron chi connectivity index (χ0n) is 17.9. The van der Waals surface area contributed by atoms with Crippen molar-refractivity contribution in [3.63, 3.8) is 0 Å². The summed E-state index contributed by atoms with van der Waals surface area (Å²) in [6, 6.07) is 41.1. The Morgan fingerprint density at radius 1 is 0.613 bits per heavy atom. The van der Waals surface area contributed by atoms with Gasteiger partial charge in [0.2, 0.25) is 0 Å². The molecule has 4 aromatic rings. The highest BCUT2D eigenvalue weighted by Gasteiger charge is 2.43. The second-order valence-electron chi connectivity index (χ2n) is 7.99. The number of hydrogen-bond acceptors (Lipinski definition) is 1. The number of carbonyl (C=O) groups is 1. The van der Waals surface area contributed by atoms with E-state index >= 15 is 0 Å². The van der Waals surface area contributed by atoms with Crippen LogP contribution < -0.4 is 0 Å². The number of ketones is 1. The van der Waals surface area contributed by atoms with Gasteiger partial charge in [0.1, 0.15) is 5.41 Å². The Hall–Kier alpha value is -3.45. The van der Waals surface area contributed by atoms with Gasteiger partial charge in [-0.15, -0.1) is 0 Å². The molecule has 0 amide bonds. The Bertz CT molecular complexity index is 990. The van der Waals surface area contributed by atoms with E-state index in [1.807, 2.05) is 60.7 Å². The quantitative estimate of drug-likeness (QED) is 0.284. The predicted molar refractivity (Wildman–Crippen MR) is 128 cm³/mol. The van der Waals surface area contributed by atoms with E-state index in [1.54, 1.807) is 0 Å². The summed E-state index contributed by atoms with van der Waals surface area (Å²) >= 11 is 0. The Morgan fingerprint density at radius 2 is 0.968 bits per heavy atom. The SMILES string of the molecule is CCC(CC(=O)C(c1ccccc1)(c1ccccc1)c1ccccc1)c1ccccc1. The van der Waals surface area contributed by atoms with Crippen molar-refractivity contribution in [1.29, 1.82) is 0 Å². The zero-order valence-corrected chi connectivity index (χ0v) is 17.9. The molecule has 1 unspecified atom stereocenters. The van der Waals surface area contributed by atoms with Gasteiger partial charge >= 0.3 is 0 Å². The van der Waals surface area contributed by atoms with Gasteiger partial charge in [-0.1, -0.05) is 128 Å². The summed E-state index contributed by atoms with van der Waals surface area (Å²) in [5, 5.41) is 0. The summed E-state index contributed by atoms with van der Waals surface area (Å²) in [6.45, 7) is 2.17. The summed E-state index contributed by atoms with van der Waals surface area (Å²) in [5.41, 5.74) is 3.42. The first-order chi connectivity index (χ1) is 15.3. The second kappa shape index (κ2) is 9.57. The minimum Gasteiger partial charge on any atom is -0.298 e. The first kappa shape index (κ1) is 20.8. The van der Waals surface area contributed by atoms with Crippen LogP contribution in [0.3, 0.4) is 0 Å². The van der Waals surface area contributed by atoms with Crippen molar-refractivity contribution in [2.45, 2.75) is 31.1 Å². The molecule has 4 rings (SSSR count). The first-order valence-corrected chi connectivity index (χ1v) is 11.0. The van der Waals surface area contributed by atoms with Crippen molar-refractivity contribution in [3.05, 3.63) is 144 Å². The fourth-order valence-corrected chi connectivity index (χ4v) is 4.65. The third-order valence-electron chi connectivity index (χ3n) is 6.23. The standard InChI is InChI=1S/C30H28O/c1-2-24(25-15-7-3-8-16-25)23-29(31)30(26-17-9-4-10-18-26,27-19-11-5-12-20-27)28-21-13-6-14-22-28/h3-22,24H,2,23H2,1H3. The van der Waals surface area contributed by atoms with E-state index in [9.17, 15) is 4.79 Å². The molecule has 0 aromatic heterocycles. The largest absolute Gasteiger partial charge is 0.298 e. The molecule has 4 aromatic carbocycles. The van der Waals surface area contributed by atoms with Gasteiger partial charge in [0, 0.05) is 6.42 Å². The van der Waals surface area contributed by atoms with Crippen LogP contribution >= 0.6 is 0 Å². The van der Waals surface area contributed by atoms with E-state index in [2.05, 4.69) is 67.6 Å². The number of rotatable bonds is 8. The Morgan fingerprint density at radius 3 is 1.32 bits per heavy atom. The van der Waals surface area contributed by atoms with E-state index in [-0.39, 0.29) is 11.7 Å². The van der Waals surface area contributed by atoms with Gasteiger partial charge in [0.25, 0.3) is 0 Å². The van der Waals surface area contributed by atoms with Gasteiger partial charge in [-0.05, 0) is 34.6 Å². The molecule has 0 spiro atoms. The number of hydrogen-bond donors (Lipinski definition) is 0. The van der Waals surface area contributed by atoms with Crippen LogP contribution in [0.1, 0.15) is 47.9 Å². The molecule has 0 aliphatic heterocycles. The smallest absolute Gasteiger partial charge is 0.152 e. The summed E-state index contributed by atoms with van der Waals surface area (Å²) in [5.74, 6) is 0.413. The highest BCUT2D eigenvalue weighted by atomic mass is 16.1. The monoisotopic (exact) mass is 404 g/mol. The Balaban J connectivity index is 1.90. The third-order valence-corrected chi connectivity index (χ3v) is 6.23. The lowest BCUT2D eigenvalue weighted by Gasteiger charge is -2.35. The van der Waals surface area contributed by atoms with Crippen molar-refractivity contribution in [2.75, 3.05) is 0 Å². The lowest BCUT2D eigenvalue weighted by Crippen LogP contribution is -2.39. The molecule has 1 atom stereocenters. The average Bonchev–Trinajstić information content (AvgIpc) is 2.85. The second-order valence-corrected chi connectivity index (χ2v) is 7.99. The molecule has 0 radical (unpaired) electrons. The van der Waals surface area contributed by atoms with Crippen LogP contribution in [0, 0.1) is 0 Å². The predicted octanol–water partition coefficient (Wildman–Crippen LogP) is 7.17. The van der Waals surface area contributed by atoms with Gasteiger partial charge in [-0.25, -0.2) is 0 Å². The van der Waals surface area contributed by atoms with Gasteiger partial charge in [0.15, 0.2) is 5.78 Å². The minimum atomic E-state index is -0.841. The molecule has 1 heteroatoms. The molecule has 0 aliphatic carbocycles. The molecule has 0 bridgehead atoms. The van der Waals surface area contributed by atoms with Gasteiger partial charge in [0.05, 0.1) is 0 Å². The fourth-order valence-electron chi connectivity index (χ4n) is 4.65. The Kier molecular flexibility index (Phi) is 6.43. The molecular weight excluding hydrogens is 376 g/mol. The lowest BCUT2D eigenvalue weighted by molar-refractivity contribution is -0.122. The van der Waals surface area contributed by atoms with E-state index in [1.165, 1.54) is 5.56 Å². The maximum atomic E-state index is 14.4. The van der Waals surface area contributed by atoms with Crippen LogP contribution in [-0.2, 0) is 10.2 Å². The highest BCUT2D eigenvalue weighted by molar-refractivity contribution is 5.98. The van der Waals surface area contributed by atoms with Crippen LogP contribution in [0.5, 0.6) is 0 Å². The van der Waals surface area contributed by atoms with Crippen LogP contribution in [0.15, 0.2) is 121 Å². The van der Waals surface area contributed by atoms with E-state index < -0.39 is 5.41 Å². The summed E-state index contributed by atoms with van der Waals surface area (Å²) in [7, 11) is 0. The van der Waals surface area contributed by atoms with Gasteiger partial charge in [-0.2, -0.15) is 0 Å². The van der Waals surface area contributed by atoms with Crippen LogP contribution in [0.25, 0.3) is 0 Å². The van der Waals surface area contributed by atoms with Crippen molar-refractivity contribution in [2.24, 2.45) is 0 Å². The molecular formula is C30H28O. The topological polar surface area (TPSA) is 17.1 Å². The van der Waals surface area contributed by atoms with Gasteiger partial charge in [-0.3, -0.25) is 4.79 Å². The lowest BCUT2D eigenvalue weighted by atomic mass is 9.64. The normalized spacial score (nSPS) is 12.3. The third kappa shape index (κ3) is 4.09. The van der Waals surface area contributed by atoms with Crippen molar-refractivity contribution in [3.8, 4) is 0 Å². The molecule has 0 saturated carbocycles. The summed E-state index contributed by atoms with van der Waals surface area (Å²) in [6.07, 6.45) is 1.41. The molecule has 0 fully saturated rings. The summed E-state index contributed by atoms with van der Waals surface area (Å²) in [4.78, 5) is 14.4. The molecule has 154 valence electrons. The Labute approximate surface area is 185 Å². The first-order valence-electron chi connectivity index (χ1n) is 11.0. The van der Waals surface area contributed by atoms with Crippen LogP contribution in [0.4, 0.5) is 0 Å². The summed E-state index contributed by atoms with van der Waals surface area (Å²) < 4.78 is 0. The van der Waals surface area contributed by atoms with Crippen molar-refractivity contribution in [1.82, 2.24) is 0 Å². The van der Waals surface area contributed by atoms with Crippen molar-refractivity contribution < 1.29 is 4.79 Å². The zero-order chi connectivity index (χ0) is 21.5. The minimum absolute atomic E-state index is 0.184. The molecule has 31 heavy (non-hydrogen) atoms. The fraction of sp³-hybridized carbons (Fsp3) is 0.167. The highest BCUT2D eigenvalue weighted by Crippen LogP contribution is 2.42. The number of Topliss-reactive ketones (excluding diaryl/α,β-unsaturated/α-hetero) is 1. The number of carbonyl (C=O) groups excluding carboxylic acids is 1. The van der Waals surface area contributed by atoms with Crippen LogP contribution in [-0.4, -0.2) is 5.78 Å². The van der Waals surface area contributed by atoms with E-state index in [4.69, 9.17) is 0 Å². The van der Waals surface area contributed by atoms with E-state index in [0.717, 1.165) is 23.1 Å². The molecule has 0 saturated heterocycles. The molecule has 1 nitrogen and oxygen atoms in total. The average molecular weight is 405 g/mol. The maximum absolute atomic E-state index is 14.4. The molecule has 0 N–H and O–H groups in total. The molecule has 0 heterocycles.